The molecule has 0 aliphatic carbocycles. The number of hydrogen-bond acceptors (Lipinski definition) is 4. The molecular weight excluding hydrogens is 242 g/mol. The van der Waals surface area contributed by atoms with Crippen molar-refractivity contribution in [2.75, 3.05) is 13.1 Å². The van der Waals surface area contributed by atoms with Gasteiger partial charge in [-0.05, 0) is 18.2 Å². The molecule has 0 spiro atoms. The highest BCUT2D eigenvalue weighted by Crippen LogP contribution is 2.20. The highest BCUT2D eigenvalue weighted by molar-refractivity contribution is 6.30. The second-order valence-corrected chi connectivity index (χ2v) is 4.33. The molecule has 87 valence electrons. The van der Waals surface area contributed by atoms with Crippen LogP contribution in [0.25, 0.3) is 6.08 Å². The molecule has 2 aliphatic rings. The Morgan fingerprint density at radius 2 is 2.18 bits per heavy atom. The molecule has 1 saturated heterocycles. The average Bonchev–Trinajstić information content (AvgIpc) is 2.81. The molecule has 6 heteroatoms. The van der Waals surface area contributed by atoms with Gasteiger partial charge in [0, 0.05) is 10.2 Å². The molecule has 2 aliphatic heterocycles. The fourth-order valence-electron chi connectivity index (χ4n) is 1.95. The van der Waals surface area contributed by atoms with Gasteiger partial charge in [0.1, 0.15) is 5.70 Å². The molecule has 17 heavy (non-hydrogen) atoms. The Labute approximate surface area is 102 Å². The van der Waals surface area contributed by atoms with Gasteiger partial charge in [-0.2, -0.15) is 5.06 Å². The van der Waals surface area contributed by atoms with E-state index in [9.17, 15) is 10.4 Å². The van der Waals surface area contributed by atoms with Crippen molar-refractivity contribution < 1.29 is 10.4 Å². The SMILES string of the molecule is [O]N1CCN(O)/C1=C1\C=c2ccc(Cl)cc2=N1. The lowest BCUT2D eigenvalue weighted by Crippen LogP contribution is -2.20. The van der Waals surface area contributed by atoms with E-state index in [4.69, 9.17) is 11.6 Å². The first kappa shape index (κ1) is 10.6. The largest absolute Gasteiger partial charge is 0.287 e. The third-order valence-electron chi connectivity index (χ3n) is 2.75. The Balaban J connectivity index is 2.18. The summed E-state index contributed by atoms with van der Waals surface area (Å²) in [6.07, 6.45) is 1.76. The van der Waals surface area contributed by atoms with Crippen LogP contribution in [0.2, 0.25) is 5.02 Å². The van der Waals surface area contributed by atoms with Crippen LogP contribution in [0.1, 0.15) is 0 Å². The third-order valence-corrected chi connectivity index (χ3v) is 2.99. The summed E-state index contributed by atoms with van der Waals surface area (Å²) in [6.45, 7) is 0.540. The zero-order valence-electron chi connectivity index (χ0n) is 8.80. The molecule has 0 bridgehead atoms. The van der Waals surface area contributed by atoms with Gasteiger partial charge < -0.3 is 0 Å². The Kier molecular flexibility index (Phi) is 2.32. The highest BCUT2D eigenvalue weighted by atomic mass is 35.5. The van der Waals surface area contributed by atoms with Crippen molar-refractivity contribution in [3.63, 3.8) is 0 Å². The van der Waals surface area contributed by atoms with Gasteiger partial charge in [-0.25, -0.2) is 10.1 Å². The van der Waals surface area contributed by atoms with Crippen LogP contribution in [0.3, 0.4) is 0 Å². The number of rotatable bonds is 0. The lowest BCUT2D eigenvalue weighted by Gasteiger charge is -2.12. The van der Waals surface area contributed by atoms with E-state index in [2.05, 4.69) is 4.99 Å². The number of halogens is 1. The zero-order chi connectivity index (χ0) is 12.0. The van der Waals surface area contributed by atoms with E-state index in [1.807, 2.05) is 6.07 Å². The molecule has 1 radical (unpaired) electrons. The second-order valence-electron chi connectivity index (χ2n) is 3.89. The summed E-state index contributed by atoms with van der Waals surface area (Å²) in [7, 11) is 0. The predicted octanol–water partition coefficient (Wildman–Crippen LogP) is 0.275. The topological polar surface area (TPSA) is 59.0 Å². The molecule has 1 N–H and O–H groups in total. The summed E-state index contributed by atoms with van der Waals surface area (Å²) >= 11 is 5.87. The first-order chi connectivity index (χ1) is 8.15. The number of fused-ring (bicyclic) bond motifs is 1. The first-order valence-electron chi connectivity index (χ1n) is 5.16. The van der Waals surface area contributed by atoms with Gasteiger partial charge in [-0.3, -0.25) is 5.21 Å². The van der Waals surface area contributed by atoms with Crippen molar-refractivity contribution in [3.05, 3.63) is 45.3 Å². The van der Waals surface area contributed by atoms with Crippen LogP contribution in [0, 0.1) is 0 Å². The first-order valence-corrected chi connectivity index (χ1v) is 5.54. The summed E-state index contributed by atoms with van der Waals surface area (Å²) in [5.74, 6) is 0.192. The second kappa shape index (κ2) is 3.73. The number of benzene rings is 1. The lowest BCUT2D eigenvalue weighted by molar-refractivity contribution is -0.138. The summed E-state index contributed by atoms with van der Waals surface area (Å²) < 4.78 is 0. The lowest BCUT2D eigenvalue weighted by atomic mass is 10.3. The molecule has 0 unspecified atom stereocenters. The van der Waals surface area contributed by atoms with Crippen LogP contribution in [-0.2, 0) is 5.21 Å². The minimum atomic E-state index is 0.192. The number of hydrogen-bond donors (Lipinski definition) is 1. The van der Waals surface area contributed by atoms with Gasteiger partial charge in [0.05, 0.1) is 18.4 Å². The molecule has 2 heterocycles. The molecule has 1 fully saturated rings. The fourth-order valence-corrected chi connectivity index (χ4v) is 2.11. The van der Waals surface area contributed by atoms with E-state index in [1.54, 1.807) is 18.2 Å². The van der Waals surface area contributed by atoms with Gasteiger partial charge >= 0.3 is 0 Å². The molecule has 1 aromatic carbocycles. The van der Waals surface area contributed by atoms with E-state index >= 15 is 0 Å². The Morgan fingerprint density at radius 1 is 1.35 bits per heavy atom. The summed E-state index contributed by atoms with van der Waals surface area (Å²) in [5.41, 5.74) is 0.470. The maximum absolute atomic E-state index is 11.5. The molecule has 0 atom stereocenters. The van der Waals surface area contributed by atoms with Crippen LogP contribution < -0.4 is 10.6 Å². The molecular formula is C11H9ClN3O2. The van der Waals surface area contributed by atoms with Crippen molar-refractivity contribution in [2.24, 2.45) is 4.99 Å². The van der Waals surface area contributed by atoms with Crippen molar-refractivity contribution in [2.45, 2.75) is 0 Å². The number of allylic oxidation sites excluding steroid dienone is 1. The minimum Gasteiger partial charge on any atom is -0.287 e. The molecule has 1 aromatic rings. The molecule has 5 nitrogen and oxygen atoms in total. The van der Waals surface area contributed by atoms with E-state index in [-0.39, 0.29) is 12.4 Å². The standard InChI is InChI=1S/C11H9ClN3O2/c12-8-2-1-7-5-10(13-9(7)6-8)11-14(16)3-4-15(11)17/h1-2,5-6,16H,3-4H2/b11-10-. The maximum atomic E-state index is 11.5. The number of hydroxylamine groups is 4. The van der Waals surface area contributed by atoms with Crippen LogP contribution in [0.15, 0.2) is 34.7 Å². The van der Waals surface area contributed by atoms with E-state index in [0.717, 1.165) is 15.3 Å². The van der Waals surface area contributed by atoms with Gasteiger partial charge in [-0.1, -0.05) is 22.9 Å². The Morgan fingerprint density at radius 3 is 2.88 bits per heavy atom. The van der Waals surface area contributed by atoms with Crippen molar-refractivity contribution in [3.8, 4) is 0 Å². The van der Waals surface area contributed by atoms with Gasteiger partial charge in [0.15, 0.2) is 5.82 Å². The summed E-state index contributed by atoms with van der Waals surface area (Å²) in [5, 5.41) is 25.0. The van der Waals surface area contributed by atoms with E-state index in [1.165, 1.54) is 0 Å². The summed E-state index contributed by atoms with van der Waals surface area (Å²) in [6, 6.07) is 5.33. The van der Waals surface area contributed by atoms with Crippen LogP contribution in [-0.4, -0.2) is 28.4 Å². The fraction of sp³-hybridized carbons (Fsp3) is 0.182. The molecule has 0 saturated carbocycles. The monoisotopic (exact) mass is 250 g/mol. The minimum absolute atomic E-state index is 0.192. The van der Waals surface area contributed by atoms with Gasteiger partial charge in [-0.15, -0.1) is 0 Å². The van der Waals surface area contributed by atoms with Crippen LogP contribution in [0.5, 0.6) is 0 Å². The zero-order valence-corrected chi connectivity index (χ0v) is 9.55. The van der Waals surface area contributed by atoms with Crippen molar-refractivity contribution >= 4 is 17.7 Å². The summed E-state index contributed by atoms with van der Waals surface area (Å²) in [4.78, 5) is 4.29. The average molecular weight is 251 g/mol. The van der Waals surface area contributed by atoms with E-state index < -0.39 is 0 Å². The smallest absolute Gasteiger partial charge is 0.181 e. The Bertz CT molecular complexity index is 614. The highest BCUT2D eigenvalue weighted by Gasteiger charge is 2.27. The molecule has 3 rings (SSSR count). The Hall–Kier alpha value is -1.56. The maximum Gasteiger partial charge on any atom is 0.181 e. The van der Waals surface area contributed by atoms with Gasteiger partial charge in [0.25, 0.3) is 0 Å². The normalized spacial score (nSPS) is 22.5. The molecule has 0 aromatic heterocycles. The van der Waals surface area contributed by atoms with Crippen LogP contribution >= 0.6 is 11.6 Å². The number of nitrogens with zero attached hydrogens (tertiary/aromatic N) is 3. The van der Waals surface area contributed by atoms with E-state index in [0.29, 0.717) is 22.6 Å². The predicted molar refractivity (Wildman–Crippen MR) is 59.6 cm³/mol. The van der Waals surface area contributed by atoms with Crippen molar-refractivity contribution in [1.82, 2.24) is 10.1 Å². The van der Waals surface area contributed by atoms with Gasteiger partial charge in [0.2, 0.25) is 0 Å². The quantitative estimate of drug-likeness (QED) is 0.719. The van der Waals surface area contributed by atoms with Crippen LogP contribution in [0.4, 0.5) is 0 Å². The third kappa shape index (κ3) is 1.68. The molecule has 0 amide bonds. The van der Waals surface area contributed by atoms with Crippen molar-refractivity contribution in [1.29, 1.82) is 0 Å².